The number of anilines is 1. The van der Waals surface area contributed by atoms with Gasteiger partial charge in [0, 0.05) is 0 Å². The van der Waals surface area contributed by atoms with Crippen LogP contribution >= 0.6 is 19.2 Å². The molecule has 0 saturated carbocycles. The highest BCUT2D eigenvalue weighted by Crippen LogP contribution is 2.50. The van der Waals surface area contributed by atoms with Crippen LogP contribution in [0.2, 0.25) is 5.15 Å². The predicted molar refractivity (Wildman–Crippen MR) is 98.5 cm³/mol. The SMILES string of the molecule is CCOP(=O)(CO[C@@H]1C=C[C@H](n2cnc3c(Cl)nc(N)nc32)C1(F)F)OCC. The number of hydrogen-bond donors (Lipinski definition) is 1. The van der Waals surface area contributed by atoms with Gasteiger partial charge in [-0.15, -0.1) is 0 Å². The molecule has 0 fully saturated rings. The Morgan fingerprint density at radius 3 is 2.61 bits per heavy atom. The van der Waals surface area contributed by atoms with E-state index in [1.54, 1.807) is 13.8 Å². The molecule has 0 saturated heterocycles. The number of nitrogens with two attached hydrogens (primary N) is 1. The molecule has 2 heterocycles. The summed E-state index contributed by atoms with van der Waals surface area (Å²) >= 11 is 5.95. The minimum absolute atomic E-state index is 0.0336. The van der Waals surface area contributed by atoms with Crippen molar-refractivity contribution >= 4 is 36.3 Å². The number of allylic oxidation sites excluding steroid dienone is 1. The lowest BCUT2D eigenvalue weighted by atomic mass is 10.1. The second-order valence-corrected chi connectivity index (χ2v) is 8.22. The number of aromatic nitrogens is 4. The Kier molecular flexibility index (Phi) is 6.02. The normalized spacial score (nSPS) is 21.6. The summed E-state index contributed by atoms with van der Waals surface area (Å²) in [6.07, 6.45) is 1.38. The number of alkyl halides is 2. The molecule has 0 bridgehead atoms. The van der Waals surface area contributed by atoms with E-state index in [-0.39, 0.29) is 35.5 Å². The van der Waals surface area contributed by atoms with Gasteiger partial charge in [0.25, 0.3) is 0 Å². The van der Waals surface area contributed by atoms with Crippen LogP contribution in [0.3, 0.4) is 0 Å². The lowest BCUT2D eigenvalue weighted by Crippen LogP contribution is -2.38. The Labute approximate surface area is 164 Å². The van der Waals surface area contributed by atoms with E-state index in [2.05, 4.69) is 15.0 Å². The molecule has 0 unspecified atom stereocenters. The first-order valence-electron chi connectivity index (χ1n) is 8.43. The average Bonchev–Trinajstić information content (AvgIpc) is 3.13. The molecule has 13 heteroatoms. The minimum Gasteiger partial charge on any atom is -0.368 e. The summed E-state index contributed by atoms with van der Waals surface area (Å²) in [6.45, 7) is 3.44. The highest BCUT2D eigenvalue weighted by molar-refractivity contribution is 7.53. The fourth-order valence-corrected chi connectivity index (χ4v) is 4.43. The van der Waals surface area contributed by atoms with Crippen molar-refractivity contribution in [1.82, 2.24) is 19.5 Å². The van der Waals surface area contributed by atoms with Crippen molar-refractivity contribution in [3.05, 3.63) is 23.6 Å². The van der Waals surface area contributed by atoms with E-state index in [4.69, 9.17) is 31.1 Å². The number of imidazole rings is 1. The van der Waals surface area contributed by atoms with Gasteiger partial charge in [0.2, 0.25) is 5.95 Å². The molecule has 0 spiro atoms. The molecule has 0 aliphatic heterocycles. The molecule has 28 heavy (non-hydrogen) atoms. The van der Waals surface area contributed by atoms with Crippen LogP contribution in [0.5, 0.6) is 0 Å². The van der Waals surface area contributed by atoms with Gasteiger partial charge in [0.1, 0.15) is 24.0 Å². The van der Waals surface area contributed by atoms with Crippen LogP contribution in [-0.2, 0) is 18.3 Å². The Balaban J connectivity index is 1.82. The molecule has 2 N–H and O–H groups in total. The lowest BCUT2D eigenvalue weighted by molar-refractivity contribution is -0.119. The Morgan fingerprint density at radius 1 is 1.29 bits per heavy atom. The van der Waals surface area contributed by atoms with E-state index in [1.807, 2.05) is 0 Å². The topological polar surface area (TPSA) is 114 Å². The van der Waals surface area contributed by atoms with Gasteiger partial charge < -0.3 is 24.1 Å². The first-order valence-corrected chi connectivity index (χ1v) is 10.5. The Hall–Kier alpha value is -1.65. The zero-order valence-electron chi connectivity index (χ0n) is 15.1. The van der Waals surface area contributed by atoms with E-state index < -0.39 is 32.0 Å². The fourth-order valence-electron chi connectivity index (χ4n) is 2.85. The molecular weight excluding hydrogens is 419 g/mol. The van der Waals surface area contributed by atoms with Crippen molar-refractivity contribution in [3.63, 3.8) is 0 Å². The molecule has 1 aliphatic rings. The molecule has 1 aliphatic carbocycles. The summed E-state index contributed by atoms with van der Waals surface area (Å²) < 4.78 is 58.9. The highest BCUT2D eigenvalue weighted by Gasteiger charge is 2.52. The van der Waals surface area contributed by atoms with Crippen LogP contribution < -0.4 is 5.73 Å². The van der Waals surface area contributed by atoms with Gasteiger partial charge in [-0.3, -0.25) is 4.57 Å². The number of fused-ring (bicyclic) bond motifs is 1. The van der Waals surface area contributed by atoms with E-state index in [1.165, 1.54) is 18.5 Å². The number of halogens is 3. The van der Waals surface area contributed by atoms with Crippen LogP contribution in [0.25, 0.3) is 11.2 Å². The first kappa shape index (κ1) is 21.1. The maximum absolute atomic E-state index is 15.0. The third kappa shape index (κ3) is 3.90. The molecule has 0 radical (unpaired) electrons. The number of hydrogen-bond acceptors (Lipinski definition) is 8. The van der Waals surface area contributed by atoms with Crippen LogP contribution in [0.15, 0.2) is 18.5 Å². The highest BCUT2D eigenvalue weighted by atomic mass is 35.5. The summed E-state index contributed by atoms with van der Waals surface area (Å²) in [5, 5.41) is -0.0336. The third-order valence-electron chi connectivity index (χ3n) is 4.00. The van der Waals surface area contributed by atoms with Gasteiger partial charge in [-0.2, -0.15) is 9.97 Å². The van der Waals surface area contributed by atoms with Gasteiger partial charge in [0.05, 0.1) is 19.5 Å². The molecular formula is C15H19ClF2N5O4P. The van der Waals surface area contributed by atoms with Gasteiger partial charge in [0.15, 0.2) is 10.8 Å². The molecule has 9 nitrogen and oxygen atoms in total. The van der Waals surface area contributed by atoms with E-state index in [9.17, 15) is 13.3 Å². The summed E-state index contributed by atoms with van der Waals surface area (Å²) in [7, 11) is -3.62. The van der Waals surface area contributed by atoms with Crippen LogP contribution in [0.4, 0.5) is 14.7 Å². The summed E-state index contributed by atoms with van der Waals surface area (Å²) in [6, 6.07) is -1.45. The molecule has 3 rings (SSSR count). The number of nitrogens with zero attached hydrogens (tertiary/aromatic N) is 4. The zero-order chi connectivity index (χ0) is 20.5. The van der Waals surface area contributed by atoms with Crippen LogP contribution in [0.1, 0.15) is 19.9 Å². The van der Waals surface area contributed by atoms with Crippen molar-refractivity contribution in [2.45, 2.75) is 31.9 Å². The molecule has 2 aromatic rings. The maximum Gasteiger partial charge on any atom is 0.356 e. The van der Waals surface area contributed by atoms with Gasteiger partial charge in [-0.25, -0.2) is 13.8 Å². The van der Waals surface area contributed by atoms with E-state index >= 15 is 0 Å². The first-order chi connectivity index (χ1) is 13.2. The van der Waals surface area contributed by atoms with Crippen molar-refractivity contribution in [1.29, 1.82) is 0 Å². The van der Waals surface area contributed by atoms with Crippen molar-refractivity contribution < 1.29 is 27.1 Å². The predicted octanol–water partition coefficient (Wildman–Crippen LogP) is 3.42. The second-order valence-electron chi connectivity index (χ2n) is 5.86. The van der Waals surface area contributed by atoms with Crippen LogP contribution in [-0.4, -0.2) is 51.1 Å². The molecule has 0 aromatic carbocycles. The largest absolute Gasteiger partial charge is 0.368 e. The maximum atomic E-state index is 15.0. The van der Waals surface area contributed by atoms with Gasteiger partial charge >= 0.3 is 13.5 Å². The lowest BCUT2D eigenvalue weighted by Gasteiger charge is -2.27. The number of ether oxygens (including phenoxy) is 1. The van der Waals surface area contributed by atoms with Crippen molar-refractivity contribution in [2.75, 3.05) is 25.3 Å². The zero-order valence-corrected chi connectivity index (χ0v) is 16.7. The number of rotatable bonds is 8. The third-order valence-corrected chi connectivity index (χ3v) is 6.03. The second kappa shape index (κ2) is 8.00. The molecule has 2 aromatic heterocycles. The smallest absolute Gasteiger partial charge is 0.356 e. The minimum atomic E-state index is -3.62. The molecule has 2 atom stereocenters. The van der Waals surface area contributed by atoms with Crippen molar-refractivity contribution in [3.8, 4) is 0 Å². The number of nitrogen functional groups attached to an aromatic ring is 1. The summed E-state index contributed by atoms with van der Waals surface area (Å²) in [5.74, 6) is -3.55. The monoisotopic (exact) mass is 437 g/mol. The van der Waals surface area contributed by atoms with Gasteiger partial charge in [-0.05, 0) is 13.8 Å². The average molecular weight is 438 g/mol. The van der Waals surface area contributed by atoms with Gasteiger partial charge in [-0.1, -0.05) is 23.8 Å². The van der Waals surface area contributed by atoms with Crippen LogP contribution in [0, 0.1) is 0 Å². The molecule has 0 amide bonds. The Morgan fingerprint density at radius 2 is 1.96 bits per heavy atom. The summed E-state index contributed by atoms with van der Waals surface area (Å²) in [5.41, 5.74) is 5.79. The standard InChI is InChI=1S/C15H19ClF2N5O4P/c1-3-26-28(24,27-4-2)8-25-10-6-5-9(15(10,17)18)23-7-20-11-12(16)21-14(19)22-13(11)23/h5-7,9-10H,3-4,8H2,1-2H3,(H2,19,21,22)/t9-,10+/m0/s1. The Bertz CT molecular complexity index is 931. The van der Waals surface area contributed by atoms with Crippen molar-refractivity contribution in [2.24, 2.45) is 0 Å². The van der Waals surface area contributed by atoms with E-state index in [0.717, 1.165) is 4.57 Å². The van der Waals surface area contributed by atoms with E-state index in [0.29, 0.717) is 0 Å². The quantitative estimate of drug-likeness (QED) is 0.379. The summed E-state index contributed by atoms with van der Waals surface area (Å²) in [4.78, 5) is 11.7. The fraction of sp³-hybridized carbons (Fsp3) is 0.533. The molecule has 154 valence electrons.